The monoisotopic (exact) mass is 418 g/mol. The van der Waals surface area contributed by atoms with E-state index in [9.17, 15) is 14.7 Å². The highest BCUT2D eigenvalue weighted by atomic mass is 16.6. The van der Waals surface area contributed by atoms with Crippen LogP contribution in [0, 0.1) is 5.92 Å². The number of aliphatic hydroxyl groups excluding tert-OH is 1. The van der Waals surface area contributed by atoms with Crippen LogP contribution in [0.3, 0.4) is 0 Å². The number of nitrogens with zero attached hydrogens (tertiary/aromatic N) is 2. The van der Waals surface area contributed by atoms with Crippen LogP contribution in [0.5, 0.6) is 0 Å². The SMILES string of the molecule is CC(C)(C)OC(=O)N1CCC(CO)(N(CC2CC2)C(=O)OCc2ccccc2)CC1. The van der Waals surface area contributed by atoms with Gasteiger partial charge in [-0.2, -0.15) is 0 Å². The number of rotatable bonds is 6. The van der Waals surface area contributed by atoms with Crippen LogP contribution in [0.15, 0.2) is 30.3 Å². The van der Waals surface area contributed by atoms with E-state index in [1.807, 2.05) is 51.1 Å². The highest BCUT2D eigenvalue weighted by Gasteiger charge is 2.45. The zero-order valence-electron chi connectivity index (χ0n) is 18.3. The van der Waals surface area contributed by atoms with E-state index in [4.69, 9.17) is 9.47 Å². The van der Waals surface area contributed by atoms with Crippen LogP contribution in [0.4, 0.5) is 9.59 Å². The summed E-state index contributed by atoms with van der Waals surface area (Å²) in [5.74, 6) is 0.460. The lowest BCUT2D eigenvalue weighted by atomic mass is 9.86. The van der Waals surface area contributed by atoms with Crippen LogP contribution in [-0.2, 0) is 16.1 Å². The number of amides is 2. The van der Waals surface area contributed by atoms with Gasteiger partial charge in [-0.1, -0.05) is 30.3 Å². The zero-order chi connectivity index (χ0) is 21.8. The average molecular weight is 419 g/mol. The highest BCUT2D eigenvalue weighted by Crippen LogP contribution is 2.36. The molecule has 0 bridgehead atoms. The van der Waals surface area contributed by atoms with E-state index in [2.05, 4.69) is 0 Å². The summed E-state index contributed by atoms with van der Waals surface area (Å²) >= 11 is 0. The molecule has 3 rings (SSSR count). The average Bonchev–Trinajstić information content (AvgIpc) is 3.54. The lowest BCUT2D eigenvalue weighted by Gasteiger charge is -2.47. The largest absolute Gasteiger partial charge is 0.445 e. The molecule has 1 heterocycles. The van der Waals surface area contributed by atoms with E-state index in [0.717, 1.165) is 18.4 Å². The fraction of sp³-hybridized carbons (Fsp3) is 0.652. The molecule has 0 aromatic heterocycles. The third kappa shape index (κ3) is 5.88. The van der Waals surface area contributed by atoms with Crippen LogP contribution >= 0.6 is 0 Å². The molecule has 0 atom stereocenters. The van der Waals surface area contributed by atoms with Crippen molar-refractivity contribution in [1.82, 2.24) is 9.80 Å². The maximum atomic E-state index is 13.0. The second kappa shape index (κ2) is 9.25. The predicted octanol–water partition coefficient (Wildman–Crippen LogP) is 3.80. The molecule has 2 fully saturated rings. The van der Waals surface area contributed by atoms with Gasteiger partial charge in [0.25, 0.3) is 0 Å². The Bertz CT molecular complexity index is 719. The normalized spacial score (nSPS) is 18.6. The van der Waals surface area contributed by atoms with Gasteiger partial charge in [-0.05, 0) is 57.9 Å². The summed E-state index contributed by atoms with van der Waals surface area (Å²) in [4.78, 5) is 28.8. The quantitative estimate of drug-likeness (QED) is 0.760. The van der Waals surface area contributed by atoms with Crippen molar-refractivity contribution < 1.29 is 24.2 Å². The van der Waals surface area contributed by atoms with Crippen molar-refractivity contribution in [1.29, 1.82) is 0 Å². The maximum absolute atomic E-state index is 13.0. The molecule has 0 spiro atoms. The van der Waals surface area contributed by atoms with E-state index in [0.29, 0.717) is 38.4 Å². The second-order valence-electron chi connectivity index (χ2n) is 9.44. The van der Waals surface area contributed by atoms with Crippen LogP contribution < -0.4 is 0 Å². The lowest BCUT2D eigenvalue weighted by molar-refractivity contribution is -0.0307. The van der Waals surface area contributed by atoms with Gasteiger partial charge < -0.3 is 19.5 Å². The summed E-state index contributed by atoms with van der Waals surface area (Å²) in [6.45, 7) is 7.02. The van der Waals surface area contributed by atoms with E-state index in [1.54, 1.807) is 9.80 Å². The standard InChI is InChI=1S/C23H34N2O5/c1-22(2,3)30-20(27)24-13-11-23(17-26,12-14-24)25(15-18-9-10-18)21(28)29-16-19-7-5-4-6-8-19/h4-8,18,26H,9-17H2,1-3H3. The van der Waals surface area contributed by atoms with Gasteiger partial charge in [-0.3, -0.25) is 4.90 Å². The molecule has 0 radical (unpaired) electrons. The molecule has 1 saturated carbocycles. The minimum Gasteiger partial charge on any atom is -0.445 e. The van der Waals surface area contributed by atoms with Crippen LogP contribution in [0.2, 0.25) is 0 Å². The molecule has 0 unspecified atom stereocenters. The number of carbonyl (C=O) groups excluding carboxylic acids is 2. The molecule has 166 valence electrons. The van der Waals surface area contributed by atoms with Gasteiger partial charge in [0.05, 0.1) is 12.1 Å². The fourth-order valence-corrected chi connectivity index (χ4v) is 3.76. The van der Waals surface area contributed by atoms with Crippen molar-refractivity contribution in [2.24, 2.45) is 5.92 Å². The van der Waals surface area contributed by atoms with Crippen molar-refractivity contribution in [2.45, 2.75) is 64.2 Å². The minimum absolute atomic E-state index is 0.150. The second-order valence-corrected chi connectivity index (χ2v) is 9.44. The molecule has 1 aliphatic carbocycles. The van der Waals surface area contributed by atoms with Crippen LogP contribution in [0.25, 0.3) is 0 Å². The van der Waals surface area contributed by atoms with Gasteiger partial charge in [0.15, 0.2) is 0 Å². The van der Waals surface area contributed by atoms with Crippen LogP contribution in [0.1, 0.15) is 52.0 Å². The van der Waals surface area contributed by atoms with Gasteiger partial charge in [0.2, 0.25) is 0 Å². The molecule has 1 aliphatic heterocycles. The molecule has 1 aromatic rings. The molecule has 1 N–H and O–H groups in total. The van der Waals surface area contributed by atoms with Crippen molar-refractivity contribution >= 4 is 12.2 Å². The Balaban J connectivity index is 1.65. The lowest BCUT2D eigenvalue weighted by Crippen LogP contribution is -2.61. The third-order valence-corrected chi connectivity index (χ3v) is 5.78. The first-order chi connectivity index (χ1) is 14.2. The summed E-state index contributed by atoms with van der Waals surface area (Å²) in [6, 6.07) is 9.57. The molecule has 1 aromatic carbocycles. The van der Waals surface area contributed by atoms with E-state index in [-0.39, 0.29) is 19.3 Å². The zero-order valence-corrected chi connectivity index (χ0v) is 18.3. The van der Waals surface area contributed by atoms with Crippen molar-refractivity contribution in [3.63, 3.8) is 0 Å². The molecule has 1 saturated heterocycles. The molecule has 30 heavy (non-hydrogen) atoms. The maximum Gasteiger partial charge on any atom is 0.410 e. The van der Waals surface area contributed by atoms with Crippen LogP contribution in [-0.4, -0.2) is 64.5 Å². The van der Waals surface area contributed by atoms with E-state index >= 15 is 0 Å². The van der Waals surface area contributed by atoms with Crippen molar-refractivity contribution in [2.75, 3.05) is 26.2 Å². The molecular formula is C23H34N2O5. The van der Waals surface area contributed by atoms with Crippen molar-refractivity contribution in [3.8, 4) is 0 Å². The van der Waals surface area contributed by atoms with Gasteiger partial charge in [0.1, 0.15) is 12.2 Å². The number of aliphatic hydroxyl groups is 1. The third-order valence-electron chi connectivity index (χ3n) is 5.78. The van der Waals surface area contributed by atoms with Gasteiger partial charge in [0, 0.05) is 19.6 Å². The number of piperidine rings is 1. The number of benzene rings is 1. The van der Waals surface area contributed by atoms with Gasteiger partial charge in [-0.25, -0.2) is 9.59 Å². The summed E-state index contributed by atoms with van der Waals surface area (Å²) in [7, 11) is 0. The number of ether oxygens (including phenoxy) is 2. The number of carbonyl (C=O) groups is 2. The molecule has 7 nitrogen and oxygen atoms in total. The summed E-state index contributed by atoms with van der Waals surface area (Å²) < 4.78 is 11.1. The molecule has 2 amide bonds. The van der Waals surface area contributed by atoms with E-state index < -0.39 is 17.2 Å². The summed E-state index contributed by atoms with van der Waals surface area (Å²) in [5.41, 5.74) is -0.341. The molecule has 2 aliphatic rings. The summed E-state index contributed by atoms with van der Waals surface area (Å²) in [6.07, 6.45) is 2.42. The Labute approximate surface area is 178 Å². The topological polar surface area (TPSA) is 79.3 Å². The fourth-order valence-electron chi connectivity index (χ4n) is 3.76. The Morgan fingerprint density at radius 2 is 1.80 bits per heavy atom. The first-order valence-corrected chi connectivity index (χ1v) is 10.8. The molecule has 7 heteroatoms. The van der Waals surface area contributed by atoms with Crippen molar-refractivity contribution in [3.05, 3.63) is 35.9 Å². The summed E-state index contributed by atoms with van der Waals surface area (Å²) in [5, 5.41) is 10.3. The Morgan fingerprint density at radius 3 is 2.33 bits per heavy atom. The molecular weight excluding hydrogens is 384 g/mol. The van der Waals surface area contributed by atoms with E-state index in [1.165, 1.54) is 0 Å². The Morgan fingerprint density at radius 1 is 1.17 bits per heavy atom. The number of hydrogen-bond acceptors (Lipinski definition) is 5. The number of likely N-dealkylation sites (tertiary alicyclic amines) is 1. The first-order valence-electron chi connectivity index (χ1n) is 10.8. The smallest absolute Gasteiger partial charge is 0.410 e. The number of hydrogen-bond donors (Lipinski definition) is 1. The Hall–Kier alpha value is -2.28. The Kier molecular flexibility index (Phi) is 6.91. The highest BCUT2D eigenvalue weighted by molar-refractivity contribution is 5.70. The predicted molar refractivity (Wildman–Crippen MR) is 113 cm³/mol. The minimum atomic E-state index is -0.713. The first kappa shape index (κ1) is 22.4. The van der Waals surface area contributed by atoms with Gasteiger partial charge >= 0.3 is 12.2 Å². The van der Waals surface area contributed by atoms with Gasteiger partial charge in [-0.15, -0.1) is 0 Å².